The van der Waals surface area contributed by atoms with Gasteiger partial charge in [0.05, 0.1) is 37.6 Å². The van der Waals surface area contributed by atoms with Crippen molar-refractivity contribution in [3.05, 3.63) is 47.3 Å². The van der Waals surface area contributed by atoms with Crippen LogP contribution < -0.4 is 15.5 Å². The van der Waals surface area contributed by atoms with Crippen molar-refractivity contribution < 1.29 is 17.9 Å². The largest absolute Gasteiger partial charge is 0.416 e. The number of nitrogens with zero attached hydrogens (tertiary/aromatic N) is 4. The lowest BCUT2D eigenvalue weighted by atomic mass is 10.1. The number of morpholine rings is 1. The minimum absolute atomic E-state index is 0.0844. The van der Waals surface area contributed by atoms with Crippen LogP contribution in [0.25, 0.3) is 0 Å². The second-order valence-corrected chi connectivity index (χ2v) is 6.93. The maximum atomic E-state index is 13.7. The van der Waals surface area contributed by atoms with Crippen LogP contribution in [0.3, 0.4) is 0 Å². The first-order valence-corrected chi connectivity index (χ1v) is 9.90. The Morgan fingerprint density at radius 2 is 1.97 bits per heavy atom. The fourth-order valence-electron chi connectivity index (χ4n) is 3.24. The molecule has 0 saturated carbocycles. The molecule has 1 aliphatic rings. The third kappa shape index (κ3) is 5.65. The van der Waals surface area contributed by atoms with Crippen LogP contribution in [0.1, 0.15) is 23.7 Å². The minimum Gasteiger partial charge on any atom is -0.378 e. The number of hydrogen-bond donors (Lipinski definition) is 2. The summed E-state index contributed by atoms with van der Waals surface area (Å²) in [6.07, 6.45) is -2.76. The van der Waals surface area contributed by atoms with E-state index < -0.39 is 11.7 Å². The van der Waals surface area contributed by atoms with Crippen LogP contribution in [0.2, 0.25) is 0 Å². The van der Waals surface area contributed by atoms with Crippen molar-refractivity contribution in [3.8, 4) is 0 Å². The summed E-state index contributed by atoms with van der Waals surface area (Å²) < 4.78 is 48.2. The number of ether oxygens (including phenoxy) is 1. The molecule has 0 aliphatic carbocycles. The molecular weight excluding hydrogens is 397 g/mol. The van der Waals surface area contributed by atoms with E-state index in [2.05, 4.69) is 20.7 Å². The lowest BCUT2D eigenvalue weighted by Gasteiger charge is -2.29. The summed E-state index contributed by atoms with van der Waals surface area (Å²) in [5, 5.41) is 10.3. The highest BCUT2D eigenvalue weighted by atomic mass is 19.4. The first kappa shape index (κ1) is 21.9. The van der Waals surface area contributed by atoms with Crippen molar-refractivity contribution in [2.75, 3.05) is 37.7 Å². The molecule has 0 atom stereocenters. The number of rotatable bonds is 6. The summed E-state index contributed by atoms with van der Waals surface area (Å²) in [4.78, 5) is 6.27. The maximum Gasteiger partial charge on any atom is 0.416 e. The third-order valence-corrected chi connectivity index (χ3v) is 4.89. The highest BCUT2D eigenvalue weighted by molar-refractivity contribution is 5.79. The number of aromatic nitrogens is 2. The van der Waals surface area contributed by atoms with E-state index in [0.29, 0.717) is 51.0 Å². The molecule has 10 heteroatoms. The summed E-state index contributed by atoms with van der Waals surface area (Å²) in [6.45, 7) is 5.07. The average molecular weight is 424 g/mol. The van der Waals surface area contributed by atoms with Crippen LogP contribution in [0.5, 0.6) is 0 Å². The minimum atomic E-state index is -4.45. The molecule has 3 rings (SSSR count). The van der Waals surface area contributed by atoms with Crippen molar-refractivity contribution in [1.29, 1.82) is 0 Å². The monoisotopic (exact) mass is 424 g/mol. The highest BCUT2D eigenvalue weighted by Gasteiger charge is 2.34. The lowest BCUT2D eigenvalue weighted by molar-refractivity contribution is -0.138. The number of halogens is 3. The van der Waals surface area contributed by atoms with Crippen LogP contribution in [0.15, 0.2) is 35.5 Å². The van der Waals surface area contributed by atoms with Gasteiger partial charge in [0.25, 0.3) is 0 Å². The highest BCUT2D eigenvalue weighted by Crippen LogP contribution is 2.35. The summed E-state index contributed by atoms with van der Waals surface area (Å²) in [5.41, 5.74) is 0.973. The zero-order valence-corrected chi connectivity index (χ0v) is 17.2. The quantitative estimate of drug-likeness (QED) is 0.551. The van der Waals surface area contributed by atoms with Gasteiger partial charge in [0.15, 0.2) is 5.96 Å². The number of hydrogen-bond acceptors (Lipinski definition) is 4. The predicted octanol–water partition coefficient (Wildman–Crippen LogP) is 2.53. The Kier molecular flexibility index (Phi) is 7.20. The summed E-state index contributed by atoms with van der Waals surface area (Å²) in [5.74, 6) is 0.448. The number of alkyl halides is 3. The zero-order chi connectivity index (χ0) is 21.6. The van der Waals surface area contributed by atoms with Crippen molar-refractivity contribution in [3.63, 3.8) is 0 Å². The van der Waals surface area contributed by atoms with Crippen molar-refractivity contribution in [1.82, 2.24) is 20.4 Å². The first-order chi connectivity index (χ1) is 14.4. The Labute approximate surface area is 173 Å². The van der Waals surface area contributed by atoms with Crippen molar-refractivity contribution >= 4 is 11.6 Å². The summed E-state index contributed by atoms with van der Waals surface area (Å²) in [6, 6.07) is 6.32. The number of benzene rings is 1. The smallest absolute Gasteiger partial charge is 0.378 e. The maximum absolute atomic E-state index is 13.7. The molecule has 30 heavy (non-hydrogen) atoms. The van der Waals surface area contributed by atoms with Crippen molar-refractivity contribution in [2.24, 2.45) is 12.0 Å². The van der Waals surface area contributed by atoms with E-state index in [0.717, 1.165) is 5.69 Å². The molecular formula is C20H27F3N6O. The van der Waals surface area contributed by atoms with E-state index in [1.165, 1.54) is 12.1 Å². The molecule has 7 nitrogen and oxygen atoms in total. The Morgan fingerprint density at radius 1 is 1.20 bits per heavy atom. The average Bonchev–Trinajstić information content (AvgIpc) is 3.14. The van der Waals surface area contributed by atoms with Gasteiger partial charge in [-0.05, 0) is 30.7 Å². The van der Waals surface area contributed by atoms with Gasteiger partial charge in [0.1, 0.15) is 0 Å². The molecule has 1 saturated heterocycles. The fourth-order valence-corrected chi connectivity index (χ4v) is 3.24. The van der Waals surface area contributed by atoms with Gasteiger partial charge in [0, 0.05) is 38.6 Å². The summed E-state index contributed by atoms with van der Waals surface area (Å²) >= 11 is 0. The van der Waals surface area contributed by atoms with Gasteiger partial charge >= 0.3 is 6.18 Å². The van der Waals surface area contributed by atoms with Gasteiger partial charge < -0.3 is 20.3 Å². The van der Waals surface area contributed by atoms with Crippen LogP contribution in [-0.4, -0.2) is 48.6 Å². The molecule has 1 aromatic heterocycles. The Balaban J connectivity index is 1.77. The van der Waals surface area contributed by atoms with E-state index in [1.807, 2.05) is 24.9 Å². The topological polar surface area (TPSA) is 66.7 Å². The molecule has 2 N–H and O–H groups in total. The predicted molar refractivity (Wildman–Crippen MR) is 109 cm³/mol. The van der Waals surface area contributed by atoms with E-state index in [9.17, 15) is 13.2 Å². The third-order valence-electron chi connectivity index (χ3n) is 4.89. The normalized spacial score (nSPS) is 15.4. The van der Waals surface area contributed by atoms with Crippen LogP contribution in [0, 0.1) is 0 Å². The number of anilines is 1. The Hall–Kier alpha value is -2.75. The van der Waals surface area contributed by atoms with E-state index >= 15 is 0 Å². The van der Waals surface area contributed by atoms with Crippen molar-refractivity contribution in [2.45, 2.75) is 26.2 Å². The molecule has 2 aromatic rings. The number of aryl methyl sites for hydroxylation is 1. The second-order valence-electron chi connectivity index (χ2n) is 6.93. The van der Waals surface area contributed by atoms with Gasteiger partial charge in [-0.2, -0.15) is 18.3 Å². The number of nitrogens with one attached hydrogen (secondary N) is 2. The van der Waals surface area contributed by atoms with Gasteiger partial charge in [-0.3, -0.25) is 4.68 Å². The van der Waals surface area contributed by atoms with Gasteiger partial charge in [-0.1, -0.05) is 6.07 Å². The molecule has 1 fully saturated rings. The molecule has 2 heterocycles. The fraction of sp³-hybridized carbons (Fsp3) is 0.500. The van der Waals surface area contributed by atoms with E-state index in [4.69, 9.17) is 4.74 Å². The molecule has 164 valence electrons. The van der Waals surface area contributed by atoms with Gasteiger partial charge in [-0.15, -0.1) is 0 Å². The standard InChI is InChI=1S/C20H27F3N6O/c1-3-24-19(26-14-17-6-7-27-28(17)2)25-13-15-4-5-16(12-18(15)20(21,22)23)29-8-10-30-11-9-29/h4-7,12H,3,8-11,13-14H2,1-2H3,(H2,24,25,26). The lowest BCUT2D eigenvalue weighted by Crippen LogP contribution is -2.37. The van der Waals surface area contributed by atoms with Crippen LogP contribution in [0.4, 0.5) is 18.9 Å². The molecule has 1 aromatic carbocycles. The van der Waals surface area contributed by atoms with Gasteiger partial charge in [-0.25, -0.2) is 4.99 Å². The summed E-state index contributed by atoms with van der Waals surface area (Å²) in [7, 11) is 1.83. The van der Waals surface area contributed by atoms with Crippen LogP contribution in [-0.2, 0) is 31.1 Å². The van der Waals surface area contributed by atoms with E-state index in [1.54, 1.807) is 16.9 Å². The molecule has 0 bridgehead atoms. The van der Waals surface area contributed by atoms with E-state index in [-0.39, 0.29) is 12.1 Å². The number of guanidine groups is 1. The molecule has 0 radical (unpaired) electrons. The molecule has 1 aliphatic heterocycles. The first-order valence-electron chi connectivity index (χ1n) is 9.90. The molecule has 0 unspecified atom stereocenters. The Bertz CT molecular complexity index is 858. The zero-order valence-electron chi connectivity index (χ0n) is 17.2. The Morgan fingerprint density at radius 3 is 2.60 bits per heavy atom. The SMILES string of the molecule is CCNC(=NCc1ccc(N2CCOCC2)cc1C(F)(F)F)NCc1ccnn1C. The molecule has 0 amide bonds. The van der Waals surface area contributed by atoms with Gasteiger partial charge in [0.2, 0.25) is 0 Å². The molecule has 0 spiro atoms. The second kappa shape index (κ2) is 9.84. The number of aliphatic imine (C=N–C) groups is 1. The van der Waals surface area contributed by atoms with Crippen LogP contribution >= 0.6 is 0 Å².